The molecule has 0 fully saturated rings. The number of carboxylic acids is 1. The highest BCUT2D eigenvalue weighted by atomic mass is 16.4. The third-order valence-electron chi connectivity index (χ3n) is 4.34. The van der Waals surface area contributed by atoms with Crippen molar-refractivity contribution in [2.24, 2.45) is 0 Å². The van der Waals surface area contributed by atoms with Crippen LogP contribution in [0.15, 0.2) is 47.4 Å². The number of benzene rings is 1. The van der Waals surface area contributed by atoms with Crippen molar-refractivity contribution in [2.45, 2.75) is 33.2 Å². The van der Waals surface area contributed by atoms with Crippen LogP contribution in [-0.4, -0.2) is 26.5 Å². The lowest BCUT2D eigenvalue weighted by molar-refractivity contribution is -0.136. The molecule has 7 heteroatoms. The second-order valence-electron chi connectivity index (χ2n) is 6.61. The summed E-state index contributed by atoms with van der Waals surface area (Å²) >= 11 is 0. The number of rotatable bonds is 6. The van der Waals surface area contributed by atoms with E-state index in [9.17, 15) is 14.4 Å². The molecule has 3 aromatic rings. The molecule has 2 N–H and O–H groups in total. The molecule has 2 aromatic heterocycles. The molecule has 0 atom stereocenters. The van der Waals surface area contributed by atoms with E-state index < -0.39 is 11.9 Å². The summed E-state index contributed by atoms with van der Waals surface area (Å²) in [5, 5.41) is 11.9. The number of amides is 1. The quantitative estimate of drug-likeness (QED) is 0.686. The van der Waals surface area contributed by atoms with Crippen molar-refractivity contribution >= 4 is 28.6 Å². The Kier molecular flexibility index (Phi) is 5.54. The Morgan fingerprint density at radius 3 is 2.50 bits per heavy atom. The molecule has 2 heterocycles. The number of carbonyl (C=O) groups is 2. The van der Waals surface area contributed by atoms with Crippen LogP contribution in [0.4, 0.5) is 5.69 Å². The number of nitrogens with zero attached hydrogens (tertiary/aromatic N) is 2. The van der Waals surface area contributed by atoms with E-state index in [2.05, 4.69) is 10.3 Å². The monoisotopic (exact) mass is 379 g/mol. The summed E-state index contributed by atoms with van der Waals surface area (Å²) in [6.45, 7) is 4.50. The maximum Gasteiger partial charge on any atom is 0.307 e. The largest absolute Gasteiger partial charge is 0.481 e. The molecule has 0 aliphatic carbocycles. The summed E-state index contributed by atoms with van der Waals surface area (Å²) in [7, 11) is 0. The second kappa shape index (κ2) is 8.04. The second-order valence-corrected chi connectivity index (χ2v) is 6.61. The number of aromatic nitrogens is 2. The van der Waals surface area contributed by atoms with Gasteiger partial charge in [-0.1, -0.05) is 19.1 Å². The highest BCUT2D eigenvalue weighted by Crippen LogP contribution is 2.14. The van der Waals surface area contributed by atoms with Crippen LogP contribution in [0.25, 0.3) is 11.0 Å². The number of hydrogen-bond acceptors (Lipinski definition) is 4. The van der Waals surface area contributed by atoms with Crippen LogP contribution in [0.3, 0.4) is 0 Å². The first-order valence-corrected chi connectivity index (χ1v) is 9.02. The minimum absolute atomic E-state index is 0.0428. The predicted molar refractivity (Wildman–Crippen MR) is 107 cm³/mol. The maximum atomic E-state index is 12.8. The van der Waals surface area contributed by atoms with Crippen LogP contribution in [0.5, 0.6) is 0 Å². The summed E-state index contributed by atoms with van der Waals surface area (Å²) in [4.78, 5) is 40.8. The lowest BCUT2D eigenvalue weighted by Gasteiger charge is -2.12. The molecule has 28 heavy (non-hydrogen) atoms. The first kappa shape index (κ1) is 19.3. The van der Waals surface area contributed by atoms with Gasteiger partial charge in [-0.3, -0.25) is 14.4 Å². The number of aryl methyl sites for hydroxylation is 2. The molecule has 0 aliphatic heterocycles. The summed E-state index contributed by atoms with van der Waals surface area (Å²) in [6.07, 6.45) is 2.29. The molecular weight excluding hydrogens is 358 g/mol. The van der Waals surface area contributed by atoms with Gasteiger partial charge in [0.15, 0.2) is 0 Å². The van der Waals surface area contributed by atoms with Crippen molar-refractivity contribution in [3.05, 3.63) is 69.6 Å². The Balaban J connectivity index is 1.95. The molecule has 0 saturated heterocycles. The van der Waals surface area contributed by atoms with Gasteiger partial charge in [-0.2, -0.15) is 0 Å². The number of carbonyl (C=O) groups excluding carboxylic acids is 1. The van der Waals surface area contributed by atoms with Gasteiger partial charge in [0.2, 0.25) is 5.43 Å². The van der Waals surface area contributed by atoms with Crippen molar-refractivity contribution in [1.82, 2.24) is 9.55 Å². The van der Waals surface area contributed by atoms with Crippen LogP contribution < -0.4 is 10.7 Å². The number of pyridine rings is 2. The van der Waals surface area contributed by atoms with E-state index in [1.54, 1.807) is 42.6 Å². The number of hydrogen-bond donors (Lipinski definition) is 2. The number of anilines is 1. The number of nitrogens with one attached hydrogen (secondary N) is 1. The van der Waals surface area contributed by atoms with Crippen molar-refractivity contribution in [3.63, 3.8) is 0 Å². The Labute approximate surface area is 161 Å². The van der Waals surface area contributed by atoms with E-state index >= 15 is 0 Å². The van der Waals surface area contributed by atoms with E-state index in [4.69, 9.17) is 5.11 Å². The first-order valence-electron chi connectivity index (χ1n) is 9.02. The average Bonchev–Trinajstić information content (AvgIpc) is 2.65. The van der Waals surface area contributed by atoms with Gasteiger partial charge in [0.25, 0.3) is 5.91 Å². The Morgan fingerprint density at radius 2 is 1.86 bits per heavy atom. The highest BCUT2D eigenvalue weighted by molar-refractivity contribution is 6.05. The zero-order chi connectivity index (χ0) is 20.3. The van der Waals surface area contributed by atoms with Gasteiger partial charge < -0.3 is 15.0 Å². The van der Waals surface area contributed by atoms with Gasteiger partial charge in [0, 0.05) is 24.1 Å². The molecule has 7 nitrogen and oxygen atoms in total. The molecule has 1 amide bonds. The molecule has 3 rings (SSSR count). The third-order valence-corrected chi connectivity index (χ3v) is 4.34. The van der Waals surface area contributed by atoms with Crippen LogP contribution in [0.1, 0.15) is 35.0 Å². The summed E-state index contributed by atoms with van der Waals surface area (Å²) in [5.41, 5.74) is 2.17. The first-order chi connectivity index (χ1) is 13.4. The van der Waals surface area contributed by atoms with E-state index in [1.807, 2.05) is 18.4 Å². The van der Waals surface area contributed by atoms with Gasteiger partial charge >= 0.3 is 5.97 Å². The van der Waals surface area contributed by atoms with E-state index in [-0.39, 0.29) is 17.4 Å². The average molecular weight is 379 g/mol. The summed E-state index contributed by atoms with van der Waals surface area (Å²) < 4.78 is 1.83. The van der Waals surface area contributed by atoms with Gasteiger partial charge in [-0.05, 0) is 43.2 Å². The van der Waals surface area contributed by atoms with E-state index in [1.165, 1.54) is 0 Å². The predicted octanol–water partition coefficient (Wildman–Crippen LogP) is 2.99. The minimum atomic E-state index is -0.923. The van der Waals surface area contributed by atoms with Crippen LogP contribution in [0.2, 0.25) is 0 Å². The van der Waals surface area contributed by atoms with Crippen LogP contribution in [-0.2, 0) is 17.8 Å². The van der Waals surface area contributed by atoms with Gasteiger partial charge in [0.1, 0.15) is 11.2 Å². The zero-order valence-corrected chi connectivity index (χ0v) is 15.7. The number of fused-ring (bicyclic) bond motifs is 1. The van der Waals surface area contributed by atoms with Gasteiger partial charge in [-0.25, -0.2) is 4.98 Å². The van der Waals surface area contributed by atoms with E-state index in [0.29, 0.717) is 28.8 Å². The Bertz CT molecular complexity index is 1100. The number of aliphatic carboxylic acids is 1. The standard InChI is InChI=1S/C21H21N3O4/c1-3-10-24-12-17(19(27)16-9-4-13(2)22-20(16)24)21(28)23-15-7-5-14(6-8-15)11-18(25)26/h4-9,12H,3,10-11H2,1-2H3,(H,23,28)(H,25,26). The molecule has 1 aromatic carbocycles. The zero-order valence-electron chi connectivity index (χ0n) is 15.7. The molecule has 0 radical (unpaired) electrons. The third kappa shape index (κ3) is 4.09. The minimum Gasteiger partial charge on any atom is -0.481 e. The van der Waals surface area contributed by atoms with Gasteiger partial charge in [0.05, 0.1) is 11.8 Å². The van der Waals surface area contributed by atoms with Crippen LogP contribution in [0, 0.1) is 6.92 Å². The fourth-order valence-electron chi connectivity index (χ4n) is 3.01. The molecule has 0 saturated carbocycles. The Hall–Kier alpha value is -3.48. The number of carboxylic acid groups (broad SMARTS) is 1. The topological polar surface area (TPSA) is 101 Å². The molecule has 0 unspecified atom stereocenters. The molecule has 0 aliphatic rings. The van der Waals surface area contributed by atoms with E-state index in [0.717, 1.165) is 12.1 Å². The smallest absolute Gasteiger partial charge is 0.307 e. The highest BCUT2D eigenvalue weighted by Gasteiger charge is 2.16. The fraction of sp³-hybridized carbons (Fsp3) is 0.238. The fourth-order valence-corrected chi connectivity index (χ4v) is 3.01. The van der Waals surface area contributed by atoms with Crippen molar-refractivity contribution in [2.75, 3.05) is 5.32 Å². The summed E-state index contributed by atoms with van der Waals surface area (Å²) in [5.74, 6) is -1.43. The molecule has 0 bridgehead atoms. The van der Waals surface area contributed by atoms with Crippen molar-refractivity contribution < 1.29 is 14.7 Å². The van der Waals surface area contributed by atoms with Crippen molar-refractivity contribution in [3.8, 4) is 0 Å². The maximum absolute atomic E-state index is 12.8. The molecule has 0 spiro atoms. The molecule has 144 valence electrons. The normalized spacial score (nSPS) is 10.8. The lowest BCUT2D eigenvalue weighted by Crippen LogP contribution is -2.24. The summed E-state index contributed by atoms with van der Waals surface area (Å²) in [6, 6.07) is 9.95. The van der Waals surface area contributed by atoms with Crippen molar-refractivity contribution in [1.29, 1.82) is 0 Å². The Morgan fingerprint density at radius 1 is 1.14 bits per heavy atom. The lowest BCUT2D eigenvalue weighted by atomic mass is 10.1. The molecular formula is C21H21N3O4. The van der Waals surface area contributed by atoms with Gasteiger partial charge in [-0.15, -0.1) is 0 Å². The van der Waals surface area contributed by atoms with Crippen LogP contribution >= 0.6 is 0 Å². The SMILES string of the molecule is CCCn1cc(C(=O)Nc2ccc(CC(=O)O)cc2)c(=O)c2ccc(C)nc21.